The lowest BCUT2D eigenvalue weighted by molar-refractivity contribution is 0.332. The number of piperidine rings is 1. The summed E-state index contributed by atoms with van der Waals surface area (Å²) in [5, 5.41) is 3.29. The first-order valence-electron chi connectivity index (χ1n) is 6.08. The standard InChI is InChI=1S/C13H18F2N2/c14-11-2-1-10(8-12(11)15)13(16)7-9-3-5-17-6-4-9/h1-2,8-9,13,17H,3-7,16H2. The Morgan fingerprint density at radius 2 is 1.94 bits per heavy atom. The van der Waals surface area contributed by atoms with Crippen molar-refractivity contribution in [1.82, 2.24) is 5.32 Å². The Labute approximate surface area is 100 Å². The monoisotopic (exact) mass is 240 g/mol. The van der Waals surface area contributed by atoms with E-state index >= 15 is 0 Å². The molecule has 0 amide bonds. The van der Waals surface area contributed by atoms with E-state index in [-0.39, 0.29) is 6.04 Å². The molecule has 1 fully saturated rings. The summed E-state index contributed by atoms with van der Waals surface area (Å²) in [5.41, 5.74) is 6.72. The average molecular weight is 240 g/mol. The highest BCUT2D eigenvalue weighted by molar-refractivity contribution is 5.21. The Kier molecular flexibility index (Phi) is 4.07. The summed E-state index contributed by atoms with van der Waals surface area (Å²) in [7, 11) is 0. The van der Waals surface area contributed by atoms with Crippen LogP contribution in [0, 0.1) is 17.6 Å². The van der Waals surface area contributed by atoms with Crippen molar-refractivity contribution < 1.29 is 8.78 Å². The molecular weight excluding hydrogens is 222 g/mol. The molecule has 0 aliphatic carbocycles. The van der Waals surface area contributed by atoms with Gasteiger partial charge in [0.05, 0.1) is 0 Å². The summed E-state index contributed by atoms with van der Waals surface area (Å²) < 4.78 is 25.9. The minimum Gasteiger partial charge on any atom is -0.324 e. The van der Waals surface area contributed by atoms with Crippen molar-refractivity contribution in [2.24, 2.45) is 11.7 Å². The minimum absolute atomic E-state index is 0.201. The molecule has 1 unspecified atom stereocenters. The molecule has 2 rings (SSSR count). The first kappa shape index (κ1) is 12.5. The number of halogens is 2. The molecule has 1 aliphatic heterocycles. The van der Waals surface area contributed by atoms with Gasteiger partial charge in [0.25, 0.3) is 0 Å². The highest BCUT2D eigenvalue weighted by Crippen LogP contribution is 2.25. The van der Waals surface area contributed by atoms with Crippen LogP contribution in [0.15, 0.2) is 18.2 Å². The van der Waals surface area contributed by atoms with Gasteiger partial charge < -0.3 is 11.1 Å². The van der Waals surface area contributed by atoms with Gasteiger partial charge in [0.2, 0.25) is 0 Å². The highest BCUT2D eigenvalue weighted by atomic mass is 19.2. The molecule has 1 aromatic rings. The topological polar surface area (TPSA) is 38.0 Å². The van der Waals surface area contributed by atoms with E-state index < -0.39 is 11.6 Å². The van der Waals surface area contributed by atoms with Crippen LogP contribution in [0.4, 0.5) is 8.78 Å². The third kappa shape index (κ3) is 3.23. The Balaban J connectivity index is 1.98. The summed E-state index contributed by atoms with van der Waals surface area (Å²) in [5.74, 6) is -1.05. The van der Waals surface area contributed by atoms with Crippen LogP contribution in [0.2, 0.25) is 0 Å². The molecular formula is C13H18F2N2. The van der Waals surface area contributed by atoms with Crippen LogP contribution in [0.1, 0.15) is 30.9 Å². The molecule has 2 nitrogen and oxygen atoms in total. The van der Waals surface area contributed by atoms with E-state index in [1.807, 2.05) is 0 Å². The van der Waals surface area contributed by atoms with Crippen molar-refractivity contribution in [3.63, 3.8) is 0 Å². The first-order valence-corrected chi connectivity index (χ1v) is 6.08. The summed E-state index contributed by atoms with van der Waals surface area (Å²) in [6, 6.07) is 3.73. The van der Waals surface area contributed by atoms with Gasteiger partial charge in [-0.2, -0.15) is 0 Å². The van der Waals surface area contributed by atoms with Crippen LogP contribution in [0.5, 0.6) is 0 Å². The highest BCUT2D eigenvalue weighted by Gasteiger charge is 2.18. The number of hydrogen-bond acceptors (Lipinski definition) is 2. The first-order chi connectivity index (χ1) is 8.16. The Hall–Kier alpha value is -1.00. The van der Waals surface area contributed by atoms with E-state index in [9.17, 15) is 8.78 Å². The molecule has 0 saturated carbocycles. The molecule has 0 radical (unpaired) electrons. The molecule has 1 aliphatic rings. The van der Waals surface area contributed by atoms with Gasteiger partial charge in [-0.1, -0.05) is 6.07 Å². The Bertz CT molecular complexity index is 376. The van der Waals surface area contributed by atoms with Crippen LogP contribution in [0.3, 0.4) is 0 Å². The summed E-state index contributed by atoms with van der Waals surface area (Å²) in [4.78, 5) is 0. The lowest BCUT2D eigenvalue weighted by Gasteiger charge is -2.25. The van der Waals surface area contributed by atoms with Crippen molar-refractivity contribution in [2.45, 2.75) is 25.3 Å². The van der Waals surface area contributed by atoms with E-state index in [2.05, 4.69) is 5.32 Å². The fourth-order valence-corrected chi connectivity index (χ4v) is 2.36. The SMILES string of the molecule is NC(CC1CCNCC1)c1ccc(F)c(F)c1. The number of hydrogen-bond donors (Lipinski definition) is 2. The third-order valence-electron chi connectivity index (χ3n) is 3.42. The van der Waals surface area contributed by atoms with E-state index in [1.54, 1.807) is 6.07 Å². The normalized spacial score (nSPS) is 19.2. The maximum absolute atomic E-state index is 13.1. The van der Waals surface area contributed by atoms with E-state index in [0.29, 0.717) is 11.5 Å². The van der Waals surface area contributed by atoms with Crippen molar-refractivity contribution >= 4 is 0 Å². The summed E-state index contributed by atoms with van der Waals surface area (Å²) in [6.45, 7) is 2.05. The van der Waals surface area contributed by atoms with Gasteiger partial charge in [-0.15, -0.1) is 0 Å². The lowest BCUT2D eigenvalue weighted by atomic mass is 9.89. The van der Waals surface area contributed by atoms with Crippen molar-refractivity contribution in [3.8, 4) is 0 Å². The molecule has 17 heavy (non-hydrogen) atoms. The molecule has 0 bridgehead atoms. The van der Waals surface area contributed by atoms with Gasteiger partial charge in [-0.05, 0) is 56.0 Å². The van der Waals surface area contributed by atoms with Crippen molar-refractivity contribution in [3.05, 3.63) is 35.4 Å². The molecule has 1 saturated heterocycles. The maximum atomic E-state index is 13.1. The molecule has 0 aromatic heterocycles. The van der Waals surface area contributed by atoms with Crippen molar-refractivity contribution in [2.75, 3.05) is 13.1 Å². The van der Waals surface area contributed by atoms with E-state index in [4.69, 9.17) is 5.73 Å². The Morgan fingerprint density at radius 3 is 2.59 bits per heavy atom. The largest absolute Gasteiger partial charge is 0.324 e. The predicted molar refractivity (Wildman–Crippen MR) is 63.5 cm³/mol. The van der Waals surface area contributed by atoms with Gasteiger partial charge in [0, 0.05) is 6.04 Å². The molecule has 1 heterocycles. The maximum Gasteiger partial charge on any atom is 0.159 e. The van der Waals surface area contributed by atoms with Gasteiger partial charge in [0.1, 0.15) is 0 Å². The number of nitrogens with one attached hydrogen (secondary N) is 1. The number of nitrogens with two attached hydrogens (primary N) is 1. The van der Waals surface area contributed by atoms with E-state index in [1.165, 1.54) is 6.07 Å². The average Bonchev–Trinajstić information content (AvgIpc) is 2.34. The molecule has 1 atom stereocenters. The third-order valence-corrected chi connectivity index (χ3v) is 3.42. The molecule has 0 spiro atoms. The van der Waals surface area contributed by atoms with Crippen molar-refractivity contribution in [1.29, 1.82) is 0 Å². The molecule has 94 valence electrons. The zero-order valence-electron chi connectivity index (χ0n) is 9.76. The van der Waals surface area contributed by atoms with Gasteiger partial charge in [-0.3, -0.25) is 0 Å². The Morgan fingerprint density at radius 1 is 1.24 bits per heavy atom. The predicted octanol–water partition coefficient (Wildman–Crippen LogP) is 2.35. The lowest BCUT2D eigenvalue weighted by Crippen LogP contribution is -2.29. The number of benzene rings is 1. The smallest absolute Gasteiger partial charge is 0.159 e. The fourth-order valence-electron chi connectivity index (χ4n) is 2.36. The van der Waals surface area contributed by atoms with Crippen LogP contribution < -0.4 is 11.1 Å². The molecule has 4 heteroatoms. The summed E-state index contributed by atoms with van der Waals surface area (Å²) in [6.07, 6.45) is 3.06. The van der Waals surface area contributed by atoms with Gasteiger partial charge >= 0.3 is 0 Å². The number of rotatable bonds is 3. The molecule has 3 N–H and O–H groups in total. The molecule has 1 aromatic carbocycles. The zero-order chi connectivity index (χ0) is 12.3. The second-order valence-corrected chi connectivity index (χ2v) is 4.71. The summed E-state index contributed by atoms with van der Waals surface area (Å²) >= 11 is 0. The second-order valence-electron chi connectivity index (χ2n) is 4.71. The fraction of sp³-hybridized carbons (Fsp3) is 0.538. The second kappa shape index (κ2) is 5.56. The van der Waals surface area contributed by atoms with Crippen LogP contribution in [-0.4, -0.2) is 13.1 Å². The zero-order valence-corrected chi connectivity index (χ0v) is 9.76. The quantitative estimate of drug-likeness (QED) is 0.851. The van der Waals surface area contributed by atoms with Gasteiger partial charge in [-0.25, -0.2) is 8.78 Å². The van der Waals surface area contributed by atoms with E-state index in [0.717, 1.165) is 38.4 Å². The van der Waals surface area contributed by atoms with Crippen LogP contribution in [0.25, 0.3) is 0 Å². The van der Waals surface area contributed by atoms with Gasteiger partial charge in [0.15, 0.2) is 11.6 Å². The van der Waals surface area contributed by atoms with Crippen LogP contribution in [-0.2, 0) is 0 Å². The minimum atomic E-state index is -0.817. The van der Waals surface area contributed by atoms with Crippen LogP contribution >= 0.6 is 0 Å².